The number of carbonyl (C=O) groups is 2. The van der Waals surface area contributed by atoms with Crippen LogP contribution in [-0.2, 0) is 18.9 Å². The van der Waals surface area contributed by atoms with E-state index in [-0.39, 0.29) is 29.3 Å². The first-order valence-corrected chi connectivity index (χ1v) is 17.0. The molecule has 264 valence electrons. The third-order valence-electron chi connectivity index (χ3n) is 9.51. The standard InChI is InChI=1S/C35H43N9O6/c1-33(2,3)49-31(45)43(32(46)50-34(4,5)6)26-16-22(40-44(26)27-10-8-9-15-48-27)23-20-41-24(11-14-37-41)29(39-23)21-18-38-42(19-21)30-28-25(47-7)17-35(28,30)12-13-36/h11,14,16,18-20,25,27-28,30H,8-10,12,15,17H2,1-7H3/t25-,27?,28-,30?,35-/m1/s1. The molecule has 7 rings (SSSR count). The molecule has 5 atom stereocenters. The minimum Gasteiger partial charge on any atom is -0.443 e. The van der Waals surface area contributed by atoms with Crippen LogP contribution in [0, 0.1) is 22.7 Å². The molecule has 1 saturated heterocycles. The second kappa shape index (κ2) is 12.2. The number of methoxy groups -OCH3 is 1. The Hall–Kier alpha value is -4.81. The number of rotatable bonds is 7. The first-order chi connectivity index (χ1) is 23.7. The van der Waals surface area contributed by atoms with Crippen LogP contribution in [0.4, 0.5) is 15.4 Å². The molecule has 2 unspecified atom stereocenters. The number of aromatic nitrogens is 7. The van der Waals surface area contributed by atoms with Gasteiger partial charge in [-0.1, -0.05) is 0 Å². The average Bonchev–Trinajstić information content (AvgIpc) is 3.63. The summed E-state index contributed by atoms with van der Waals surface area (Å²) in [5.41, 5.74) is 1.08. The Morgan fingerprint density at radius 1 is 1.08 bits per heavy atom. The monoisotopic (exact) mass is 685 g/mol. The Kier molecular flexibility index (Phi) is 8.22. The van der Waals surface area contributed by atoms with Gasteiger partial charge in [-0.15, -0.1) is 0 Å². The fraction of sp³-hybridized carbons (Fsp3) is 0.571. The van der Waals surface area contributed by atoms with E-state index in [9.17, 15) is 14.9 Å². The molecule has 0 aromatic carbocycles. The Bertz CT molecular complexity index is 1940. The van der Waals surface area contributed by atoms with Gasteiger partial charge in [0.1, 0.15) is 22.6 Å². The highest BCUT2D eigenvalue weighted by Gasteiger charge is 2.77. The summed E-state index contributed by atoms with van der Waals surface area (Å²) in [4.78, 5) is 33.4. The predicted molar refractivity (Wildman–Crippen MR) is 180 cm³/mol. The van der Waals surface area contributed by atoms with E-state index in [1.807, 2.05) is 16.9 Å². The van der Waals surface area contributed by atoms with Gasteiger partial charge in [0.05, 0.1) is 48.0 Å². The lowest BCUT2D eigenvalue weighted by atomic mass is 9.80. The molecular formula is C35H43N9O6. The van der Waals surface area contributed by atoms with Gasteiger partial charge in [-0.05, 0) is 73.3 Å². The highest BCUT2D eigenvalue weighted by molar-refractivity contribution is 6.09. The molecule has 3 fully saturated rings. The van der Waals surface area contributed by atoms with Crippen LogP contribution in [0.3, 0.4) is 0 Å². The molecule has 0 bridgehead atoms. The van der Waals surface area contributed by atoms with Crippen molar-refractivity contribution in [2.24, 2.45) is 11.3 Å². The Labute approximate surface area is 290 Å². The van der Waals surface area contributed by atoms with E-state index in [1.165, 1.54) is 0 Å². The molecule has 0 radical (unpaired) electrons. The first-order valence-electron chi connectivity index (χ1n) is 17.0. The van der Waals surface area contributed by atoms with Gasteiger partial charge < -0.3 is 18.9 Å². The lowest BCUT2D eigenvalue weighted by Crippen LogP contribution is -2.45. The van der Waals surface area contributed by atoms with E-state index in [2.05, 4.69) is 11.2 Å². The van der Waals surface area contributed by atoms with Crippen LogP contribution in [0.25, 0.3) is 28.2 Å². The zero-order chi connectivity index (χ0) is 35.6. The molecule has 15 nitrogen and oxygen atoms in total. The molecule has 0 N–H and O–H groups in total. The van der Waals surface area contributed by atoms with Gasteiger partial charge in [-0.25, -0.2) is 23.8 Å². The fourth-order valence-electron chi connectivity index (χ4n) is 7.33. The average molecular weight is 686 g/mol. The number of ether oxygens (including phenoxy) is 4. The maximum Gasteiger partial charge on any atom is 0.425 e. The number of anilines is 1. The number of imide groups is 1. The Morgan fingerprint density at radius 2 is 1.82 bits per heavy atom. The maximum absolute atomic E-state index is 13.7. The van der Waals surface area contributed by atoms with Crippen molar-refractivity contribution in [3.63, 3.8) is 0 Å². The zero-order valence-electron chi connectivity index (χ0n) is 29.5. The number of nitriles is 1. The van der Waals surface area contributed by atoms with Gasteiger partial charge in [-0.2, -0.15) is 25.5 Å². The van der Waals surface area contributed by atoms with Crippen LogP contribution in [0.2, 0.25) is 0 Å². The SMILES string of the molecule is CO[C@@H]1C[C@@]2(CC#N)C(n3cc(-c4nc(-c5cc(N(C(=O)OC(C)(C)C)C(=O)OC(C)(C)C)n(C6CCCCO6)n5)cn5nccc45)cn3)[C@@H]12. The normalized spacial score (nSPS) is 24.6. The smallest absolute Gasteiger partial charge is 0.425 e. The summed E-state index contributed by atoms with van der Waals surface area (Å²) in [6.07, 6.45) is 8.61. The molecule has 2 saturated carbocycles. The number of fused-ring (bicyclic) bond motifs is 2. The van der Waals surface area contributed by atoms with Crippen LogP contribution in [0.5, 0.6) is 0 Å². The summed E-state index contributed by atoms with van der Waals surface area (Å²) in [6.45, 7) is 10.9. The number of amides is 2. The highest BCUT2D eigenvalue weighted by atomic mass is 16.6. The summed E-state index contributed by atoms with van der Waals surface area (Å²) in [6, 6.07) is 5.92. The third kappa shape index (κ3) is 6.00. The first kappa shape index (κ1) is 33.7. The number of hydrogen-bond donors (Lipinski definition) is 0. The predicted octanol–water partition coefficient (Wildman–Crippen LogP) is 6.32. The quantitative estimate of drug-likeness (QED) is 0.214. The van der Waals surface area contributed by atoms with Gasteiger partial charge in [0.25, 0.3) is 0 Å². The van der Waals surface area contributed by atoms with E-state index in [1.54, 1.807) is 82.5 Å². The van der Waals surface area contributed by atoms with Crippen molar-refractivity contribution in [1.82, 2.24) is 34.2 Å². The van der Waals surface area contributed by atoms with Gasteiger partial charge in [-0.3, -0.25) is 4.68 Å². The lowest BCUT2D eigenvalue weighted by molar-refractivity contribution is -0.0385. The van der Waals surface area contributed by atoms with Crippen molar-refractivity contribution < 1.29 is 28.5 Å². The summed E-state index contributed by atoms with van der Waals surface area (Å²) in [7, 11) is 1.71. The van der Waals surface area contributed by atoms with Crippen LogP contribution in [0.15, 0.2) is 36.9 Å². The molecule has 3 aliphatic rings. The van der Waals surface area contributed by atoms with Crippen molar-refractivity contribution in [3.05, 3.63) is 36.9 Å². The third-order valence-corrected chi connectivity index (χ3v) is 9.51. The highest BCUT2D eigenvalue weighted by Crippen LogP contribution is 2.77. The van der Waals surface area contributed by atoms with Crippen molar-refractivity contribution in [2.75, 3.05) is 18.6 Å². The van der Waals surface area contributed by atoms with Crippen molar-refractivity contribution in [2.45, 2.75) is 103 Å². The molecule has 15 heteroatoms. The molecule has 0 spiro atoms. The van der Waals surface area contributed by atoms with E-state index in [4.69, 9.17) is 34.1 Å². The molecule has 2 aliphatic carbocycles. The molecular weight excluding hydrogens is 642 g/mol. The molecule has 50 heavy (non-hydrogen) atoms. The van der Waals surface area contributed by atoms with E-state index < -0.39 is 29.6 Å². The molecule has 5 heterocycles. The topological polar surface area (TPSA) is 164 Å². The minimum atomic E-state index is -0.905. The van der Waals surface area contributed by atoms with Crippen molar-refractivity contribution >= 4 is 23.5 Å². The van der Waals surface area contributed by atoms with Crippen LogP contribution >= 0.6 is 0 Å². The largest absolute Gasteiger partial charge is 0.443 e. The van der Waals surface area contributed by atoms with Gasteiger partial charge in [0.2, 0.25) is 0 Å². The fourth-order valence-corrected chi connectivity index (χ4v) is 7.33. The van der Waals surface area contributed by atoms with E-state index >= 15 is 0 Å². The van der Waals surface area contributed by atoms with Gasteiger partial charge >= 0.3 is 12.2 Å². The maximum atomic E-state index is 13.7. The summed E-state index contributed by atoms with van der Waals surface area (Å²) in [5.74, 6) is 0.378. The van der Waals surface area contributed by atoms with Gasteiger partial charge in [0.15, 0.2) is 12.0 Å². The molecule has 2 amide bonds. The minimum absolute atomic E-state index is 0.0744. The van der Waals surface area contributed by atoms with Crippen LogP contribution in [-0.4, -0.2) is 77.4 Å². The summed E-state index contributed by atoms with van der Waals surface area (Å²) < 4.78 is 28.3. The number of hydrogen-bond acceptors (Lipinski definition) is 11. The zero-order valence-corrected chi connectivity index (χ0v) is 29.5. The number of carbonyl (C=O) groups excluding carboxylic acids is 2. The van der Waals surface area contributed by atoms with Gasteiger partial charge in [0, 0.05) is 49.3 Å². The lowest BCUT2D eigenvalue weighted by Gasteiger charge is -2.30. The summed E-state index contributed by atoms with van der Waals surface area (Å²) >= 11 is 0. The molecule has 4 aromatic heterocycles. The van der Waals surface area contributed by atoms with Crippen LogP contribution in [0.1, 0.15) is 85.9 Å². The molecule has 1 aliphatic heterocycles. The Morgan fingerprint density at radius 3 is 2.46 bits per heavy atom. The summed E-state index contributed by atoms with van der Waals surface area (Å²) in [5, 5.41) is 23.6. The molecule has 4 aromatic rings. The van der Waals surface area contributed by atoms with Crippen LogP contribution < -0.4 is 4.90 Å². The van der Waals surface area contributed by atoms with Crippen molar-refractivity contribution in [1.29, 1.82) is 5.26 Å². The Balaban J connectivity index is 1.31. The van der Waals surface area contributed by atoms with Crippen molar-refractivity contribution in [3.8, 4) is 28.7 Å². The second-order valence-corrected chi connectivity index (χ2v) is 15.3. The second-order valence-electron chi connectivity index (χ2n) is 15.3. The van der Waals surface area contributed by atoms with E-state index in [0.29, 0.717) is 36.5 Å². The van der Waals surface area contributed by atoms with E-state index in [0.717, 1.165) is 35.2 Å². The number of nitrogens with zero attached hydrogens (tertiary/aromatic N) is 9.